The van der Waals surface area contributed by atoms with E-state index in [4.69, 9.17) is 4.74 Å². The van der Waals surface area contributed by atoms with Gasteiger partial charge in [0.05, 0.1) is 23.9 Å². The van der Waals surface area contributed by atoms with Crippen molar-refractivity contribution in [3.8, 4) is 11.1 Å². The lowest BCUT2D eigenvalue weighted by Crippen LogP contribution is -2.27. The van der Waals surface area contributed by atoms with Gasteiger partial charge in [-0.2, -0.15) is 0 Å². The number of anilines is 1. The van der Waals surface area contributed by atoms with Crippen LogP contribution in [0.5, 0.6) is 0 Å². The molecule has 0 fully saturated rings. The number of aryl methyl sites for hydroxylation is 1. The van der Waals surface area contributed by atoms with Crippen LogP contribution < -0.4 is 10.9 Å². The van der Waals surface area contributed by atoms with Crippen LogP contribution in [-0.4, -0.2) is 28.0 Å². The first-order valence-corrected chi connectivity index (χ1v) is 11.9. The number of hydrogen-bond acceptors (Lipinski definition) is 6. The van der Waals surface area contributed by atoms with E-state index in [0.717, 1.165) is 29.5 Å². The van der Waals surface area contributed by atoms with Crippen molar-refractivity contribution in [1.82, 2.24) is 9.55 Å². The number of nitrogens with zero attached hydrogens (tertiary/aromatic N) is 2. The summed E-state index contributed by atoms with van der Waals surface area (Å²) < 4.78 is 6.52. The molecule has 0 aliphatic carbocycles. The number of ether oxygens (including phenoxy) is 1. The Morgan fingerprint density at radius 3 is 2.71 bits per heavy atom. The molecule has 4 rings (SSSR count). The monoisotopic (exact) mass is 475 g/mol. The van der Waals surface area contributed by atoms with Gasteiger partial charge in [0.15, 0.2) is 0 Å². The summed E-state index contributed by atoms with van der Waals surface area (Å²) in [6.45, 7) is 4.19. The summed E-state index contributed by atoms with van der Waals surface area (Å²) in [5.41, 5.74) is 3.41. The lowest BCUT2D eigenvalue weighted by molar-refractivity contribution is -0.116. The fourth-order valence-corrected chi connectivity index (χ4v) is 4.40. The van der Waals surface area contributed by atoms with E-state index in [1.807, 2.05) is 43.5 Å². The standard InChI is InChI=1S/C26H25N3O4S/c1-3-4-12-33-26(32)19-6-5-7-20(13-19)28-22(30)14-29-16-27-24-23(25(29)31)21(15-34-24)18-10-8-17(2)9-11-18/h5-11,13,15-16H,3-4,12,14H2,1-2H3,(H,28,30). The average Bonchev–Trinajstić information content (AvgIpc) is 3.26. The Bertz CT molecular complexity index is 1390. The molecular formula is C26H25N3O4S. The minimum Gasteiger partial charge on any atom is -0.462 e. The molecule has 0 bridgehead atoms. The number of rotatable bonds is 8. The summed E-state index contributed by atoms with van der Waals surface area (Å²) in [5.74, 6) is -0.830. The van der Waals surface area contributed by atoms with Crippen molar-refractivity contribution in [2.75, 3.05) is 11.9 Å². The summed E-state index contributed by atoms with van der Waals surface area (Å²) in [4.78, 5) is 43.1. The lowest BCUT2D eigenvalue weighted by Gasteiger charge is -2.09. The summed E-state index contributed by atoms with van der Waals surface area (Å²) in [6, 6.07) is 14.5. The molecule has 2 aromatic carbocycles. The first-order chi connectivity index (χ1) is 16.5. The molecule has 4 aromatic rings. The lowest BCUT2D eigenvalue weighted by atomic mass is 10.1. The molecule has 1 amide bonds. The summed E-state index contributed by atoms with van der Waals surface area (Å²) in [5, 5.41) is 5.16. The van der Waals surface area contributed by atoms with Crippen molar-refractivity contribution in [3.05, 3.63) is 81.7 Å². The molecular weight excluding hydrogens is 450 g/mol. The number of nitrogens with one attached hydrogen (secondary N) is 1. The number of fused-ring (bicyclic) bond motifs is 1. The highest BCUT2D eigenvalue weighted by atomic mass is 32.1. The Balaban J connectivity index is 1.51. The molecule has 0 aliphatic heterocycles. The van der Waals surface area contributed by atoms with Crippen molar-refractivity contribution in [1.29, 1.82) is 0 Å². The van der Waals surface area contributed by atoms with E-state index in [1.165, 1.54) is 22.2 Å². The molecule has 2 aromatic heterocycles. The number of unbranched alkanes of at least 4 members (excludes halogenated alkanes) is 1. The van der Waals surface area contributed by atoms with Crippen molar-refractivity contribution in [2.45, 2.75) is 33.2 Å². The first-order valence-electron chi connectivity index (χ1n) is 11.1. The van der Waals surface area contributed by atoms with Gasteiger partial charge in [-0.15, -0.1) is 11.3 Å². The van der Waals surface area contributed by atoms with Crippen LogP contribution in [0.4, 0.5) is 5.69 Å². The Hall–Kier alpha value is -3.78. The van der Waals surface area contributed by atoms with Gasteiger partial charge in [0, 0.05) is 16.6 Å². The Morgan fingerprint density at radius 1 is 1.15 bits per heavy atom. The maximum absolute atomic E-state index is 13.2. The fourth-order valence-electron chi connectivity index (χ4n) is 3.50. The third-order valence-corrected chi connectivity index (χ3v) is 6.24. The molecule has 0 unspecified atom stereocenters. The quantitative estimate of drug-likeness (QED) is 0.285. The Labute approximate surface area is 201 Å². The zero-order chi connectivity index (χ0) is 24.1. The Kier molecular flexibility index (Phi) is 7.18. The van der Waals surface area contributed by atoms with Gasteiger partial charge < -0.3 is 10.1 Å². The molecule has 0 atom stereocenters. The van der Waals surface area contributed by atoms with E-state index >= 15 is 0 Å². The number of hydrogen-bond donors (Lipinski definition) is 1. The molecule has 8 heteroatoms. The average molecular weight is 476 g/mol. The largest absolute Gasteiger partial charge is 0.462 e. The second-order valence-electron chi connectivity index (χ2n) is 7.99. The van der Waals surface area contributed by atoms with E-state index in [1.54, 1.807) is 24.3 Å². The van der Waals surface area contributed by atoms with Gasteiger partial charge in [-0.3, -0.25) is 14.2 Å². The normalized spacial score (nSPS) is 10.9. The number of aromatic nitrogens is 2. The van der Waals surface area contributed by atoms with Crippen molar-refractivity contribution in [2.24, 2.45) is 0 Å². The van der Waals surface area contributed by atoms with Gasteiger partial charge in [0.2, 0.25) is 5.91 Å². The molecule has 34 heavy (non-hydrogen) atoms. The molecule has 0 spiro atoms. The molecule has 2 heterocycles. The van der Waals surface area contributed by atoms with Crippen molar-refractivity contribution < 1.29 is 14.3 Å². The van der Waals surface area contributed by atoms with Crippen LogP contribution in [0, 0.1) is 6.92 Å². The first kappa shape index (κ1) is 23.4. The van der Waals surface area contributed by atoms with Gasteiger partial charge in [0.1, 0.15) is 11.4 Å². The van der Waals surface area contributed by atoms with Gasteiger partial charge in [0.25, 0.3) is 5.56 Å². The molecule has 0 saturated carbocycles. The number of carbonyl (C=O) groups excluding carboxylic acids is 2. The second-order valence-corrected chi connectivity index (χ2v) is 8.85. The highest BCUT2D eigenvalue weighted by Crippen LogP contribution is 2.30. The van der Waals surface area contributed by atoms with Gasteiger partial charge in [-0.25, -0.2) is 9.78 Å². The van der Waals surface area contributed by atoms with E-state index < -0.39 is 11.9 Å². The third-order valence-electron chi connectivity index (χ3n) is 5.35. The number of amides is 1. The summed E-state index contributed by atoms with van der Waals surface area (Å²) in [7, 11) is 0. The number of benzene rings is 2. The van der Waals surface area contributed by atoms with Gasteiger partial charge in [-0.1, -0.05) is 49.2 Å². The minimum absolute atomic E-state index is 0.198. The van der Waals surface area contributed by atoms with Crippen LogP contribution in [0.15, 0.2) is 65.0 Å². The maximum Gasteiger partial charge on any atom is 0.338 e. The predicted octanol–water partition coefficient (Wildman–Crippen LogP) is 5.03. The third kappa shape index (κ3) is 5.23. The van der Waals surface area contributed by atoms with E-state index in [-0.39, 0.29) is 12.1 Å². The smallest absolute Gasteiger partial charge is 0.338 e. The highest BCUT2D eigenvalue weighted by molar-refractivity contribution is 7.17. The van der Waals surface area contributed by atoms with Gasteiger partial charge >= 0.3 is 5.97 Å². The zero-order valence-electron chi connectivity index (χ0n) is 19.0. The van der Waals surface area contributed by atoms with E-state index in [2.05, 4.69) is 10.3 Å². The second kappa shape index (κ2) is 10.4. The van der Waals surface area contributed by atoms with Crippen molar-refractivity contribution in [3.63, 3.8) is 0 Å². The van der Waals surface area contributed by atoms with Crippen LogP contribution in [-0.2, 0) is 16.1 Å². The molecule has 1 N–H and O–H groups in total. The van der Waals surface area contributed by atoms with Crippen LogP contribution in [0.25, 0.3) is 21.3 Å². The SMILES string of the molecule is CCCCOC(=O)c1cccc(NC(=O)Cn2cnc3scc(-c4ccc(C)cc4)c3c2=O)c1. The van der Waals surface area contributed by atoms with Crippen molar-refractivity contribution >= 4 is 39.1 Å². The van der Waals surface area contributed by atoms with Crippen LogP contribution in [0.2, 0.25) is 0 Å². The molecule has 0 aliphatic rings. The van der Waals surface area contributed by atoms with Crippen LogP contribution >= 0.6 is 11.3 Å². The zero-order valence-corrected chi connectivity index (χ0v) is 19.9. The fraction of sp³-hybridized carbons (Fsp3) is 0.231. The van der Waals surface area contributed by atoms with Gasteiger partial charge in [-0.05, 0) is 37.1 Å². The minimum atomic E-state index is -0.434. The number of thiophene rings is 1. The Morgan fingerprint density at radius 2 is 1.94 bits per heavy atom. The predicted molar refractivity (Wildman–Crippen MR) is 134 cm³/mol. The highest BCUT2D eigenvalue weighted by Gasteiger charge is 2.15. The topological polar surface area (TPSA) is 90.3 Å². The number of carbonyl (C=O) groups is 2. The summed E-state index contributed by atoms with van der Waals surface area (Å²) in [6.07, 6.45) is 3.12. The van der Waals surface area contributed by atoms with Crippen LogP contribution in [0.3, 0.4) is 0 Å². The molecule has 7 nitrogen and oxygen atoms in total. The van der Waals surface area contributed by atoms with Crippen LogP contribution in [0.1, 0.15) is 35.7 Å². The molecule has 174 valence electrons. The maximum atomic E-state index is 13.2. The summed E-state index contributed by atoms with van der Waals surface area (Å²) >= 11 is 1.40. The van der Waals surface area contributed by atoms with E-state index in [0.29, 0.717) is 28.1 Å². The molecule has 0 saturated heterocycles. The number of esters is 1. The van der Waals surface area contributed by atoms with E-state index in [9.17, 15) is 14.4 Å². The molecule has 0 radical (unpaired) electrons.